The van der Waals surface area contributed by atoms with Crippen LogP contribution in [0.15, 0.2) is 53.6 Å². The Morgan fingerprint density at radius 2 is 1.78 bits per heavy atom. The molecule has 1 aliphatic rings. The molecule has 2 aromatic carbocycles. The number of hydrazone groups is 1. The highest BCUT2D eigenvalue weighted by atomic mass is 16.6. The number of nitro groups is 1. The summed E-state index contributed by atoms with van der Waals surface area (Å²) in [4.78, 5) is 21.0. The lowest BCUT2D eigenvalue weighted by Crippen LogP contribution is -2.19. The topological polar surface area (TPSA) is 85.0 Å². The first-order valence-corrected chi connectivity index (χ1v) is 8.61. The molecule has 1 heterocycles. The molecule has 0 amide bonds. The number of benzene rings is 2. The quantitative estimate of drug-likeness (QED) is 0.442. The summed E-state index contributed by atoms with van der Waals surface area (Å²) in [6.45, 7) is 6.73. The Hall–Kier alpha value is -3.22. The van der Waals surface area contributed by atoms with Gasteiger partial charge in [0.25, 0.3) is 12.2 Å². The molecule has 0 N–H and O–H groups in total. The Bertz CT molecular complexity index is 868. The van der Waals surface area contributed by atoms with Crippen molar-refractivity contribution in [2.75, 3.05) is 5.01 Å². The normalized spacial score (nSPS) is 16.8. The summed E-state index contributed by atoms with van der Waals surface area (Å²) in [5, 5.41) is 17.7. The zero-order valence-corrected chi connectivity index (χ0v) is 15.5. The second-order valence-electron chi connectivity index (χ2n) is 7.42. The van der Waals surface area contributed by atoms with E-state index >= 15 is 0 Å². The first kappa shape index (κ1) is 18.6. The lowest BCUT2D eigenvalue weighted by molar-refractivity contribution is -0.384. The maximum absolute atomic E-state index is 10.9. The van der Waals surface area contributed by atoms with Crippen molar-refractivity contribution < 1.29 is 14.5 Å². The van der Waals surface area contributed by atoms with Crippen LogP contribution in [0.4, 0.5) is 11.4 Å². The molecule has 27 heavy (non-hydrogen) atoms. The van der Waals surface area contributed by atoms with Gasteiger partial charge in [-0.15, -0.1) is 0 Å². The Morgan fingerprint density at radius 1 is 1.15 bits per heavy atom. The van der Waals surface area contributed by atoms with Crippen molar-refractivity contribution in [1.29, 1.82) is 0 Å². The molecule has 0 saturated heterocycles. The summed E-state index contributed by atoms with van der Waals surface area (Å²) in [5.74, 6) is 0.458. The number of carbonyl (C=O) groups excluding carboxylic acids is 1. The molecule has 1 unspecified atom stereocenters. The molecule has 7 heteroatoms. The van der Waals surface area contributed by atoms with Gasteiger partial charge in [0.2, 0.25) is 0 Å². The third kappa shape index (κ3) is 3.97. The van der Waals surface area contributed by atoms with Crippen LogP contribution in [0.5, 0.6) is 5.75 Å². The summed E-state index contributed by atoms with van der Waals surface area (Å²) in [7, 11) is 0. The molecular formula is C20H21N3O4. The number of rotatable bonds is 5. The van der Waals surface area contributed by atoms with Gasteiger partial charge in [-0.05, 0) is 29.8 Å². The largest absolute Gasteiger partial charge is 0.429 e. The van der Waals surface area contributed by atoms with Crippen molar-refractivity contribution in [1.82, 2.24) is 0 Å². The molecule has 2 aromatic rings. The lowest BCUT2D eigenvalue weighted by Gasteiger charge is -2.24. The molecule has 0 aliphatic carbocycles. The monoisotopic (exact) mass is 367 g/mol. The third-order valence-electron chi connectivity index (χ3n) is 4.55. The van der Waals surface area contributed by atoms with Crippen LogP contribution in [-0.4, -0.2) is 17.1 Å². The summed E-state index contributed by atoms with van der Waals surface area (Å²) in [6.07, 6.45) is 0.730. The van der Waals surface area contributed by atoms with Gasteiger partial charge >= 0.3 is 0 Å². The molecule has 1 atom stereocenters. The van der Waals surface area contributed by atoms with Gasteiger partial charge in [-0.25, -0.2) is 0 Å². The maximum atomic E-state index is 10.9. The number of ether oxygens (including phenoxy) is 1. The van der Waals surface area contributed by atoms with E-state index < -0.39 is 4.92 Å². The van der Waals surface area contributed by atoms with Crippen LogP contribution in [0.25, 0.3) is 0 Å². The first-order valence-electron chi connectivity index (χ1n) is 8.61. The van der Waals surface area contributed by atoms with Crippen LogP contribution in [-0.2, 0) is 4.79 Å². The maximum Gasteiger partial charge on any atom is 0.298 e. The van der Waals surface area contributed by atoms with E-state index in [-0.39, 0.29) is 17.1 Å². The van der Waals surface area contributed by atoms with Gasteiger partial charge in [0, 0.05) is 29.7 Å². The Kier molecular flexibility index (Phi) is 4.94. The van der Waals surface area contributed by atoms with E-state index in [9.17, 15) is 14.9 Å². The van der Waals surface area contributed by atoms with Crippen LogP contribution in [0.3, 0.4) is 0 Å². The molecule has 0 spiro atoms. The molecule has 7 nitrogen and oxygen atoms in total. The number of hydrogen-bond donors (Lipinski definition) is 0. The van der Waals surface area contributed by atoms with Gasteiger partial charge < -0.3 is 4.74 Å². The smallest absolute Gasteiger partial charge is 0.298 e. The van der Waals surface area contributed by atoms with Gasteiger partial charge in [-0.3, -0.25) is 19.9 Å². The van der Waals surface area contributed by atoms with Gasteiger partial charge in [-0.2, -0.15) is 5.10 Å². The molecule has 0 aromatic heterocycles. The average Bonchev–Trinajstić information content (AvgIpc) is 3.08. The van der Waals surface area contributed by atoms with Crippen LogP contribution in [0.2, 0.25) is 0 Å². The third-order valence-corrected chi connectivity index (χ3v) is 4.55. The van der Waals surface area contributed by atoms with Crippen LogP contribution < -0.4 is 9.75 Å². The van der Waals surface area contributed by atoms with Crippen LogP contribution in [0.1, 0.15) is 38.8 Å². The van der Waals surface area contributed by atoms with Gasteiger partial charge in [-0.1, -0.05) is 32.9 Å². The molecule has 0 radical (unpaired) electrons. The molecule has 0 bridgehead atoms. The number of anilines is 1. The Labute approximate surface area is 157 Å². The standard InChI is InChI=1S/C20H21N3O4/c1-20(2,3)19-12-18(14-4-6-16(7-5-14)23(25)26)22(21-19)15-8-10-17(11-9-15)27-13-24/h4-11,13,18H,12H2,1-3H3. The van der Waals surface area contributed by atoms with Crippen molar-refractivity contribution in [3.63, 3.8) is 0 Å². The summed E-state index contributed by atoms with van der Waals surface area (Å²) in [5.41, 5.74) is 2.84. The van der Waals surface area contributed by atoms with E-state index in [4.69, 9.17) is 9.84 Å². The lowest BCUT2D eigenvalue weighted by atomic mass is 9.86. The second-order valence-corrected chi connectivity index (χ2v) is 7.42. The van der Waals surface area contributed by atoms with Gasteiger partial charge in [0.1, 0.15) is 5.75 Å². The molecule has 1 aliphatic heterocycles. The van der Waals surface area contributed by atoms with Crippen LogP contribution in [0, 0.1) is 15.5 Å². The van der Waals surface area contributed by atoms with Crippen molar-refractivity contribution in [2.45, 2.75) is 33.2 Å². The first-order chi connectivity index (χ1) is 12.8. The fourth-order valence-electron chi connectivity index (χ4n) is 3.01. The number of carbonyl (C=O) groups is 1. The molecular weight excluding hydrogens is 346 g/mol. The second kappa shape index (κ2) is 7.19. The fourth-order valence-corrected chi connectivity index (χ4v) is 3.01. The number of nitrogens with zero attached hydrogens (tertiary/aromatic N) is 3. The summed E-state index contributed by atoms with van der Waals surface area (Å²) >= 11 is 0. The fraction of sp³-hybridized carbons (Fsp3) is 0.300. The van der Waals surface area contributed by atoms with E-state index in [1.807, 2.05) is 17.1 Å². The minimum absolute atomic E-state index is 0.0575. The molecule has 0 fully saturated rings. The highest BCUT2D eigenvalue weighted by Gasteiger charge is 2.34. The van der Waals surface area contributed by atoms with E-state index in [1.165, 1.54) is 12.1 Å². The Morgan fingerprint density at radius 3 is 2.30 bits per heavy atom. The number of nitro benzene ring substituents is 1. The predicted molar refractivity (Wildman–Crippen MR) is 103 cm³/mol. The van der Waals surface area contributed by atoms with Crippen molar-refractivity contribution in [3.05, 3.63) is 64.2 Å². The zero-order chi connectivity index (χ0) is 19.6. The van der Waals surface area contributed by atoms with Gasteiger partial charge in [0.15, 0.2) is 0 Å². The summed E-state index contributed by atoms with van der Waals surface area (Å²) < 4.78 is 4.85. The number of hydrogen-bond acceptors (Lipinski definition) is 6. The van der Waals surface area contributed by atoms with Crippen molar-refractivity contribution in [3.8, 4) is 5.75 Å². The highest BCUT2D eigenvalue weighted by Crippen LogP contribution is 2.40. The SMILES string of the molecule is CC(C)(C)C1=NN(c2ccc(OC=O)cc2)C(c2ccc([N+](=O)[O-])cc2)C1. The van der Waals surface area contributed by atoms with Crippen molar-refractivity contribution in [2.24, 2.45) is 10.5 Å². The van der Waals surface area contributed by atoms with E-state index in [2.05, 4.69) is 20.8 Å². The molecule has 140 valence electrons. The van der Waals surface area contributed by atoms with Gasteiger partial charge in [0.05, 0.1) is 16.7 Å². The number of non-ortho nitro benzene ring substituents is 1. The van der Waals surface area contributed by atoms with Crippen LogP contribution >= 0.6 is 0 Å². The van der Waals surface area contributed by atoms with Crippen molar-refractivity contribution >= 4 is 23.6 Å². The molecule has 0 saturated carbocycles. The highest BCUT2D eigenvalue weighted by molar-refractivity contribution is 5.93. The Balaban J connectivity index is 1.96. The minimum atomic E-state index is -0.404. The van der Waals surface area contributed by atoms with E-state index in [0.29, 0.717) is 12.2 Å². The van der Waals surface area contributed by atoms with E-state index in [0.717, 1.165) is 23.4 Å². The molecule has 3 rings (SSSR count). The minimum Gasteiger partial charge on any atom is -0.429 e. The predicted octanol–water partition coefficient (Wildman–Crippen LogP) is 4.48. The summed E-state index contributed by atoms with van der Waals surface area (Å²) in [6, 6.07) is 13.6. The van der Waals surface area contributed by atoms with E-state index in [1.54, 1.807) is 24.3 Å². The zero-order valence-electron chi connectivity index (χ0n) is 15.5. The average molecular weight is 367 g/mol.